The molecule has 0 spiro atoms. The zero-order valence-electron chi connectivity index (χ0n) is 12.8. The highest BCUT2D eigenvalue weighted by atomic mass is 16.6. The van der Waals surface area contributed by atoms with Gasteiger partial charge in [-0.3, -0.25) is 19.7 Å². The molecule has 22 heavy (non-hydrogen) atoms. The Balaban J connectivity index is 1.53. The number of nitrogens with zero attached hydrogens (tertiary/aromatic N) is 4. The largest absolute Gasteiger partial charge is 0.390 e. The zero-order chi connectivity index (χ0) is 15.5. The molecule has 2 unspecified atom stereocenters. The van der Waals surface area contributed by atoms with Crippen molar-refractivity contribution in [1.82, 2.24) is 14.7 Å². The van der Waals surface area contributed by atoms with Crippen molar-refractivity contribution < 1.29 is 10.0 Å². The minimum absolute atomic E-state index is 0.0304. The predicted molar refractivity (Wildman–Crippen MR) is 81.4 cm³/mol. The second-order valence-corrected chi connectivity index (χ2v) is 6.58. The number of rotatable bonds is 6. The lowest BCUT2D eigenvalue weighted by Gasteiger charge is -2.30. The van der Waals surface area contributed by atoms with E-state index in [1.54, 1.807) is 0 Å². The fourth-order valence-corrected chi connectivity index (χ4v) is 4.05. The van der Waals surface area contributed by atoms with E-state index < -0.39 is 11.0 Å². The zero-order valence-corrected chi connectivity index (χ0v) is 12.8. The monoisotopic (exact) mass is 308 g/mol. The van der Waals surface area contributed by atoms with Crippen LogP contribution in [0.15, 0.2) is 12.4 Å². The molecule has 1 aliphatic heterocycles. The van der Waals surface area contributed by atoms with E-state index in [1.807, 2.05) is 0 Å². The fraction of sp³-hybridized carbons (Fsp3) is 0.800. The van der Waals surface area contributed by atoms with E-state index in [0.29, 0.717) is 19.1 Å². The standard InChI is InChI=1S/C15H24N4O3/c20-14(11-18-9-13(8-16-18)19(21)22)10-17-7-3-6-15(17)12-4-1-2-5-12/h8-9,12,14-15,20H,1-7,10-11H2. The minimum Gasteiger partial charge on any atom is -0.390 e. The maximum atomic E-state index is 10.7. The summed E-state index contributed by atoms with van der Waals surface area (Å²) >= 11 is 0. The number of hydrogen-bond acceptors (Lipinski definition) is 5. The number of hydrogen-bond donors (Lipinski definition) is 1. The number of aromatic nitrogens is 2. The lowest BCUT2D eigenvalue weighted by Crippen LogP contribution is -2.41. The average molecular weight is 308 g/mol. The summed E-state index contributed by atoms with van der Waals surface area (Å²) in [4.78, 5) is 12.6. The number of β-amino-alcohol motifs (C(OH)–C–C–N with tert-alkyl or cyclic N) is 1. The quantitative estimate of drug-likeness (QED) is 0.640. The SMILES string of the molecule is O=[N+]([O-])c1cnn(CC(O)CN2CCCC2C2CCCC2)c1. The first-order chi connectivity index (χ1) is 10.6. The molecule has 2 fully saturated rings. The highest BCUT2D eigenvalue weighted by Crippen LogP contribution is 2.35. The van der Waals surface area contributed by atoms with E-state index in [2.05, 4.69) is 10.00 Å². The Bertz CT molecular complexity index is 513. The summed E-state index contributed by atoms with van der Waals surface area (Å²) in [6, 6.07) is 0.615. The smallest absolute Gasteiger partial charge is 0.306 e. The molecule has 0 aromatic carbocycles. The van der Waals surface area contributed by atoms with Gasteiger partial charge in [-0.1, -0.05) is 12.8 Å². The van der Waals surface area contributed by atoms with E-state index in [1.165, 1.54) is 55.6 Å². The van der Waals surface area contributed by atoms with Gasteiger partial charge in [0.1, 0.15) is 12.4 Å². The van der Waals surface area contributed by atoms with Crippen LogP contribution in [0.3, 0.4) is 0 Å². The molecule has 1 N–H and O–H groups in total. The molecule has 2 heterocycles. The normalized spacial score (nSPS) is 24.9. The van der Waals surface area contributed by atoms with Gasteiger partial charge < -0.3 is 5.11 Å². The molecule has 122 valence electrons. The Labute approximate surface area is 130 Å². The second kappa shape index (κ2) is 6.75. The van der Waals surface area contributed by atoms with Crippen molar-refractivity contribution in [2.24, 2.45) is 5.92 Å². The molecule has 2 atom stereocenters. The van der Waals surface area contributed by atoms with Gasteiger partial charge in [0, 0.05) is 12.6 Å². The van der Waals surface area contributed by atoms with Crippen LogP contribution in [0.2, 0.25) is 0 Å². The average Bonchev–Trinajstić information content (AvgIpc) is 3.18. The lowest BCUT2D eigenvalue weighted by atomic mass is 9.96. The van der Waals surface area contributed by atoms with Crippen molar-refractivity contribution in [3.05, 3.63) is 22.5 Å². The van der Waals surface area contributed by atoms with Crippen molar-refractivity contribution >= 4 is 5.69 Å². The molecule has 0 radical (unpaired) electrons. The molecule has 7 nitrogen and oxygen atoms in total. The molecule has 3 rings (SSSR count). The molecule has 1 aliphatic carbocycles. The molecular weight excluding hydrogens is 284 g/mol. The predicted octanol–water partition coefficient (Wildman–Crippen LogP) is 1.81. The number of nitro groups is 1. The summed E-state index contributed by atoms with van der Waals surface area (Å²) < 4.78 is 1.46. The van der Waals surface area contributed by atoms with Gasteiger partial charge in [-0.2, -0.15) is 5.10 Å². The van der Waals surface area contributed by atoms with Gasteiger partial charge in [-0.05, 0) is 38.1 Å². The summed E-state index contributed by atoms with van der Waals surface area (Å²) in [6.07, 6.45) is 9.84. The maximum absolute atomic E-state index is 10.7. The molecule has 7 heteroatoms. The molecule has 1 saturated carbocycles. The van der Waals surface area contributed by atoms with Crippen LogP contribution >= 0.6 is 0 Å². The van der Waals surface area contributed by atoms with Crippen LogP contribution in [0.4, 0.5) is 5.69 Å². The Morgan fingerprint density at radius 2 is 2.09 bits per heavy atom. The molecule has 1 aromatic heterocycles. The van der Waals surface area contributed by atoms with Crippen molar-refractivity contribution in [3.8, 4) is 0 Å². The van der Waals surface area contributed by atoms with E-state index in [0.717, 1.165) is 12.5 Å². The van der Waals surface area contributed by atoms with Crippen LogP contribution < -0.4 is 0 Å². The van der Waals surface area contributed by atoms with E-state index in [9.17, 15) is 15.2 Å². The van der Waals surface area contributed by atoms with Gasteiger partial charge in [0.2, 0.25) is 0 Å². The van der Waals surface area contributed by atoms with Gasteiger partial charge >= 0.3 is 5.69 Å². The molecule has 0 amide bonds. The number of aliphatic hydroxyl groups is 1. The summed E-state index contributed by atoms with van der Waals surface area (Å²) in [6.45, 7) is 1.99. The van der Waals surface area contributed by atoms with Crippen LogP contribution in [0, 0.1) is 16.0 Å². The highest BCUT2D eigenvalue weighted by molar-refractivity contribution is 5.20. The highest BCUT2D eigenvalue weighted by Gasteiger charge is 2.34. The van der Waals surface area contributed by atoms with Gasteiger partial charge in [-0.15, -0.1) is 0 Å². The van der Waals surface area contributed by atoms with E-state index in [4.69, 9.17) is 0 Å². The Kier molecular flexibility index (Phi) is 4.73. The molecular formula is C15H24N4O3. The molecule has 1 aromatic rings. The summed E-state index contributed by atoms with van der Waals surface area (Å²) in [5.41, 5.74) is -0.0304. The van der Waals surface area contributed by atoms with E-state index >= 15 is 0 Å². The number of aliphatic hydroxyl groups excluding tert-OH is 1. The summed E-state index contributed by atoms with van der Waals surface area (Å²) in [5, 5.41) is 24.9. The van der Waals surface area contributed by atoms with Gasteiger partial charge in [0.05, 0.1) is 17.6 Å². The fourth-order valence-electron chi connectivity index (χ4n) is 4.05. The van der Waals surface area contributed by atoms with Gasteiger partial charge in [0.15, 0.2) is 0 Å². The Hall–Kier alpha value is -1.47. The first-order valence-corrected chi connectivity index (χ1v) is 8.22. The maximum Gasteiger partial charge on any atom is 0.306 e. The number of likely N-dealkylation sites (tertiary alicyclic amines) is 1. The summed E-state index contributed by atoms with van der Waals surface area (Å²) in [7, 11) is 0. The van der Waals surface area contributed by atoms with Crippen molar-refractivity contribution in [1.29, 1.82) is 0 Å². The third-order valence-electron chi connectivity index (χ3n) is 5.03. The first-order valence-electron chi connectivity index (χ1n) is 8.22. The molecule has 2 aliphatic rings. The molecule has 0 bridgehead atoms. The van der Waals surface area contributed by atoms with Crippen LogP contribution in [-0.2, 0) is 6.54 Å². The minimum atomic E-state index is -0.540. The Morgan fingerprint density at radius 1 is 1.32 bits per heavy atom. The topological polar surface area (TPSA) is 84.4 Å². The summed E-state index contributed by atoms with van der Waals surface area (Å²) in [5.74, 6) is 0.792. The third kappa shape index (κ3) is 3.47. The van der Waals surface area contributed by atoms with Crippen LogP contribution in [0.5, 0.6) is 0 Å². The van der Waals surface area contributed by atoms with Gasteiger partial charge in [-0.25, -0.2) is 0 Å². The van der Waals surface area contributed by atoms with Gasteiger partial charge in [0.25, 0.3) is 0 Å². The van der Waals surface area contributed by atoms with Crippen LogP contribution in [0.1, 0.15) is 38.5 Å². The van der Waals surface area contributed by atoms with Crippen LogP contribution in [0.25, 0.3) is 0 Å². The van der Waals surface area contributed by atoms with Crippen molar-refractivity contribution in [2.75, 3.05) is 13.1 Å². The van der Waals surface area contributed by atoms with E-state index in [-0.39, 0.29) is 5.69 Å². The van der Waals surface area contributed by atoms with Crippen molar-refractivity contribution in [2.45, 2.75) is 57.2 Å². The van der Waals surface area contributed by atoms with Crippen molar-refractivity contribution in [3.63, 3.8) is 0 Å². The first kappa shape index (κ1) is 15.4. The lowest BCUT2D eigenvalue weighted by molar-refractivity contribution is -0.385. The Morgan fingerprint density at radius 3 is 2.77 bits per heavy atom. The van der Waals surface area contributed by atoms with Crippen LogP contribution in [-0.4, -0.2) is 49.9 Å². The second-order valence-electron chi connectivity index (χ2n) is 6.58. The molecule has 1 saturated heterocycles. The third-order valence-corrected chi connectivity index (χ3v) is 5.03.